The summed E-state index contributed by atoms with van der Waals surface area (Å²) < 4.78 is 46.4. The molecule has 7 nitrogen and oxygen atoms in total. The summed E-state index contributed by atoms with van der Waals surface area (Å²) in [4.78, 5) is 21.5. The number of halogens is 2. The Hall–Kier alpha value is -2.56. The zero-order valence-corrected chi connectivity index (χ0v) is 20.2. The summed E-state index contributed by atoms with van der Waals surface area (Å²) in [6, 6.07) is 8.66. The van der Waals surface area contributed by atoms with E-state index in [1.54, 1.807) is 26.8 Å². The molecule has 3 rings (SSSR count). The van der Waals surface area contributed by atoms with Crippen molar-refractivity contribution in [2.75, 3.05) is 7.05 Å². The van der Waals surface area contributed by atoms with E-state index < -0.39 is 27.5 Å². The van der Waals surface area contributed by atoms with Crippen LogP contribution in [0.3, 0.4) is 0 Å². The fourth-order valence-corrected chi connectivity index (χ4v) is 5.98. The number of amides is 1. The normalized spacial score (nSPS) is 11.9. The van der Waals surface area contributed by atoms with Crippen LogP contribution in [0.4, 0.5) is 9.18 Å². The Labute approximate surface area is 194 Å². The number of pyridine rings is 1. The van der Waals surface area contributed by atoms with Crippen molar-refractivity contribution in [3.63, 3.8) is 0 Å². The lowest BCUT2D eigenvalue weighted by Gasteiger charge is -2.24. The number of aromatic nitrogens is 2. The Morgan fingerprint density at radius 2 is 1.97 bits per heavy atom. The van der Waals surface area contributed by atoms with E-state index >= 15 is 0 Å². The van der Waals surface area contributed by atoms with E-state index in [9.17, 15) is 17.6 Å². The monoisotopic (exact) mass is 497 g/mol. The Bertz CT molecular complexity index is 1260. The summed E-state index contributed by atoms with van der Waals surface area (Å²) in [5.41, 5.74) is -0.831. The predicted molar refractivity (Wildman–Crippen MR) is 120 cm³/mol. The number of ether oxygens (including phenoxy) is 1. The van der Waals surface area contributed by atoms with Crippen LogP contribution in [0.5, 0.6) is 0 Å². The molecular weight excluding hydrogens is 477 g/mol. The first-order chi connectivity index (χ1) is 14.9. The first-order valence-corrected chi connectivity index (χ1v) is 12.1. The lowest BCUT2D eigenvalue weighted by atomic mass is 10.2. The molecule has 0 bridgehead atoms. The summed E-state index contributed by atoms with van der Waals surface area (Å²) in [6.07, 6.45) is 0.661. The minimum atomic E-state index is -4.08. The van der Waals surface area contributed by atoms with E-state index in [0.29, 0.717) is 0 Å². The van der Waals surface area contributed by atoms with Gasteiger partial charge in [-0.3, -0.25) is 0 Å². The van der Waals surface area contributed by atoms with Gasteiger partial charge in [-0.2, -0.15) is 4.39 Å². The number of sulfone groups is 1. The van der Waals surface area contributed by atoms with E-state index in [1.165, 1.54) is 48.5 Å². The van der Waals surface area contributed by atoms with Crippen molar-refractivity contribution in [2.24, 2.45) is 0 Å². The van der Waals surface area contributed by atoms with Gasteiger partial charge in [0.25, 0.3) is 0 Å². The maximum absolute atomic E-state index is 14.4. The number of carbonyl (C=O) groups is 1. The van der Waals surface area contributed by atoms with E-state index in [-0.39, 0.29) is 36.9 Å². The van der Waals surface area contributed by atoms with Gasteiger partial charge >= 0.3 is 6.09 Å². The number of hydrogen-bond donors (Lipinski definition) is 0. The zero-order chi connectivity index (χ0) is 23.7. The molecule has 0 atom stereocenters. The van der Waals surface area contributed by atoms with Crippen molar-refractivity contribution in [2.45, 2.75) is 42.0 Å². The minimum absolute atomic E-state index is 0.0282. The lowest BCUT2D eigenvalue weighted by molar-refractivity contribution is 0.0285. The summed E-state index contributed by atoms with van der Waals surface area (Å²) in [6.45, 7) is 5.18. The molecule has 2 heterocycles. The molecular formula is C21H21ClFN3O4S2. The Kier molecular flexibility index (Phi) is 6.87. The zero-order valence-electron chi connectivity index (χ0n) is 17.8. The summed E-state index contributed by atoms with van der Waals surface area (Å²) >= 11 is 6.83. The number of benzene rings is 1. The summed E-state index contributed by atoms with van der Waals surface area (Å²) in [5.74, 6) is -0.854. The van der Waals surface area contributed by atoms with Gasteiger partial charge < -0.3 is 9.64 Å². The van der Waals surface area contributed by atoms with Crippen molar-refractivity contribution in [3.05, 3.63) is 58.6 Å². The second kappa shape index (κ2) is 9.13. The molecule has 0 unspecified atom stereocenters. The van der Waals surface area contributed by atoms with Gasteiger partial charge in [-0.05, 0) is 51.1 Å². The molecule has 0 saturated heterocycles. The highest BCUT2D eigenvalue weighted by Crippen LogP contribution is 2.37. The number of thiazole rings is 1. The predicted octanol–water partition coefficient (Wildman–Crippen LogP) is 5.20. The highest BCUT2D eigenvalue weighted by atomic mass is 35.5. The molecule has 0 aliphatic rings. The van der Waals surface area contributed by atoms with Crippen molar-refractivity contribution in [1.29, 1.82) is 0 Å². The van der Waals surface area contributed by atoms with Crippen LogP contribution in [0.1, 0.15) is 25.8 Å². The number of rotatable bonds is 5. The smallest absolute Gasteiger partial charge is 0.410 e. The molecule has 0 N–H and O–H groups in total. The van der Waals surface area contributed by atoms with Crippen molar-refractivity contribution in [3.8, 4) is 11.3 Å². The number of carbonyl (C=O) groups excluding carboxylic acids is 1. The Balaban J connectivity index is 2.07. The molecule has 0 radical (unpaired) electrons. The molecule has 11 heteroatoms. The van der Waals surface area contributed by atoms with Crippen molar-refractivity contribution in [1.82, 2.24) is 14.9 Å². The van der Waals surface area contributed by atoms with E-state index in [4.69, 9.17) is 16.3 Å². The topological polar surface area (TPSA) is 89.5 Å². The lowest BCUT2D eigenvalue weighted by Crippen LogP contribution is -2.33. The van der Waals surface area contributed by atoms with Gasteiger partial charge in [-0.15, -0.1) is 11.3 Å². The van der Waals surface area contributed by atoms with Gasteiger partial charge in [-0.25, -0.2) is 23.2 Å². The SMILES string of the molecule is CN(Cc1nc(-c2cccnc2F)c(S(=O)(=O)c2cccc(Cl)c2)s1)C(=O)OC(C)(C)C. The van der Waals surface area contributed by atoms with Crippen LogP contribution in [0.25, 0.3) is 11.3 Å². The quantitative estimate of drug-likeness (QED) is 0.450. The fourth-order valence-electron chi connectivity index (χ4n) is 2.68. The third-order valence-electron chi connectivity index (χ3n) is 4.08. The average molecular weight is 498 g/mol. The largest absolute Gasteiger partial charge is 0.444 e. The first kappa shape index (κ1) is 24.1. The van der Waals surface area contributed by atoms with Crippen LogP contribution >= 0.6 is 22.9 Å². The van der Waals surface area contributed by atoms with Gasteiger partial charge in [0.05, 0.1) is 17.0 Å². The van der Waals surface area contributed by atoms with Crippen LogP contribution in [0.15, 0.2) is 51.7 Å². The van der Waals surface area contributed by atoms with Gasteiger partial charge in [0.15, 0.2) is 4.21 Å². The minimum Gasteiger partial charge on any atom is -0.444 e. The van der Waals surface area contributed by atoms with Crippen LogP contribution < -0.4 is 0 Å². The summed E-state index contributed by atoms with van der Waals surface area (Å²) in [7, 11) is -2.57. The van der Waals surface area contributed by atoms with E-state index in [1.807, 2.05) is 0 Å². The van der Waals surface area contributed by atoms with Gasteiger partial charge in [-0.1, -0.05) is 17.7 Å². The molecule has 3 aromatic rings. The van der Waals surface area contributed by atoms with Crippen LogP contribution in [-0.2, 0) is 21.1 Å². The van der Waals surface area contributed by atoms with Crippen molar-refractivity contribution < 1.29 is 22.3 Å². The molecule has 0 aliphatic carbocycles. The van der Waals surface area contributed by atoms with Gasteiger partial charge in [0.1, 0.15) is 16.3 Å². The first-order valence-electron chi connectivity index (χ1n) is 9.44. The fraction of sp³-hybridized carbons (Fsp3) is 0.286. The van der Waals surface area contributed by atoms with E-state index in [2.05, 4.69) is 9.97 Å². The van der Waals surface area contributed by atoms with Crippen molar-refractivity contribution >= 4 is 38.9 Å². The summed E-state index contributed by atoms with van der Waals surface area (Å²) in [5, 5.41) is 0.534. The molecule has 0 aliphatic heterocycles. The second-order valence-corrected chi connectivity index (χ2v) is 11.5. The average Bonchev–Trinajstić information content (AvgIpc) is 3.11. The molecule has 1 aromatic carbocycles. The van der Waals surface area contributed by atoms with Crippen LogP contribution in [0.2, 0.25) is 5.02 Å². The maximum Gasteiger partial charge on any atom is 0.410 e. The van der Waals surface area contributed by atoms with Crippen LogP contribution in [-0.4, -0.2) is 42.0 Å². The molecule has 0 fully saturated rings. The van der Waals surface area contributed by atoms with Gasteiger partial charge in [0.2, 0.25) is 15.8 Å². The van der Waals surface area contributed by atoms with Crippen LogP contribution in [0, 0.1) is 5.95 Å². The third-order valence-corrected chi connectivity index (χ3v) is 7.62. The number of nitrogens with zero attached hydrogens (tertiary/aromatic N) is 3. The standard InChI is InChI=1S/C21H21ClFN3O4S2/c1-21(2,3)30-20(27)26(4)12-16-25-17(15-9-6-10-24-18(15)23)19(31-16)32(28,29)14-8-5-7-13(22)11-14/h5-11H,12H2,1-4H3. The molecule has 0 spiro atoms. The van der Waals surface area contributed by atoms with Gasteiger partial charge in [0, 0.05) is 18.3 Å². The molecule has 170 valence electrons. The molecule has 32 heavy (non-hydrogen) atoms. The molecule has 1 amide bonds. The number of hydrogen-bond acceptors (Lipinski definition) is 7. The highest BCUT2D eigenvalue weighted by molar-refractivity contribution is 7.93. The maximum atomic E-state index is 14.4. The second-order valence-electron chi connectivity index (χ2n) is 7.88. The highest BCUT2D eigenvalue weighted by Gasteiger charge is 2.30. The van der Waals surface area contributed by atoms with E-state index in [0.717, 1.165) is 11.3 Å². The molecule has 2 aromatic heterocycles. The Morgan fingerprint density at radius 1 is 1.25 bits per heavy atom. The molecule has 0 saturated carbocycles. The Morgan fingerprint density at radius 3 is 2.59 bits per heavy atom. The third kappa shape index (κ3) is 5.43.